The van der Waals surface area contributed by atoms with Gasteiger partial charge in [-0.25, -0.2) is 0 Å². The van der Waals surface area contributed by atoms with Crippen molar-refractivity contribution in [2.45, 2.75) is 32.7 Å². The van der Waals surface area contributed by atoms with Gasteiger partial charge in [0.2, 0.25) is 0 Å². The number of amides is 1. The summed E-state index contributed by atoms with van der Waals surface area (Å²) >= 11 is 0. The highest BCUT2D eigenvalue weighted by Gasteiger charge is 2.23. The molecule has 0 aromatic carbocycles. The quantitative estimate of drug-likeness (QED) is 0.723. The molecule has 1 saturated heterocycles. The summed E-state index contributed by atoms with van der Waals surface area (Å²) in [6.45, 7) is 6.09. The zero-order valence-electron chi connectivity index (χ0n) is 10.4. The first-order chi connectivity index (χ1) is 8.20. The lowest BCUT2D eigenvalue weighted by molar-refractivity contribution is 0.0910. The van der Waals surface area contributed by atoms with E-state index in [-0.39, 0.29) is 11.9 Å². The molecular formula is C12H20N4O. The minimum atomic E-state index is -0.0819. The molecule has 0 bridgehead atoms. The summed E-state index contributed by atoms with van der Waals surface area (Å²) in [6, 6.07) is 2.02. The number of carbonyl (C=O) groups is 1. The van der Waals surface area contributed by atoms with Crippen LogP contribution in [0.3, 0.4) is 0 Å². The Morgan fingerprint density at radius 2 is 2.47 bits per heavy atom. The number of aromatic amines is 1. The summed E-state index contributed by atoms with van der Waals surface area (Å²) in [5.74, 6) is 0.436. The summed E-state index contributed by atoms with van der Waals surface area (Å²) in [5, 5.41) is 13.2. The first-order valence-corrected chi connectivity index (χ1v) is 6.26. The number of aromatic nitrogens is 2. The fraction of sp³-hybridized carbons (Fsp3) is 0.667. The van der Waals surface area contributed by atoms with Crippen LogP contribution < -0.4 is 10.6 Å². The van der Waals surface area contributed by atoms with Crippen LogP contribution in [-0.2, 0) is 6.42 Å². The van der Waals surface area contributed by atoms with Crippen LogP contribution in [0.25, 0.3) is 0 Å². The molecule has 2 unspecified atom stereocenters. The van der Waals surface area contributed by atoms with Crippen molar-refractivity contribution in [1.29, 1.82) is 0 Å². The van der Waals surface area contributed by atoms with E-state index in [4.69, 9.17) is 0 Å². The van der Waals surface area contributed by atoms with E-state index in [1.807, 2.05) is 13.0 Å². The summed E-state index contributed by atoms with van der Waals surface area (Å²) < 4.78 is 0. The molecule has 1 aromatic heterocycles. The summed E-state index contributed by atoms with van der Waals surface area (Å²) in [4.78, 5) is 12.0. The zero-order chi connectivity index (χ0) is 12.3. The number of hydrogen-bond acceptors (Lipinski definition) is 3. The minimum absolute atomic E-state index is 0.0819. The highest BCUT2D eigenvalue weighted by atomic mass is 16.2. The van der Waals surface area contributed by atoms with Gasteiger partial charge >= 0.3 is 0 Å². The molecule has 1 aromatic rings. The van der Waals surface area contributed by atoms with Crippen molar-refractivity contribution < 1.29 is 4.79 Å². The first kappa shape index (κ1) is 12.1. The van der Waals surface area contributed by atoms with Crippen molar-refractivity contribution in [3.05, 3.63) is 17.5 Å². The molecule has 5 nitrogen and oxygen atoms in total. The zero-order valence-corrected chi connectivity index (χ0v) is 10.4. The molecule has 0 spiro atoms. The molecule has 1 fully saturated rings. The maximum absolute atomic E-state index is 12.0. The lowest BCUT2D eigenvalue weighted by Gasteiger charge is -2.29. The largest absolute Gasteiger partial charge is 0.346 e. The number of piperidine rings is 1. The van der Waals surface area contributed by atoms with E-state index in [0.717, 1.165) is 31.6 Å². The lowest BCUT2D eigenvalue weighted by atomic mass is 9.95. The maximum Gasteiger partial charge on any atom is 0.272 e. The number of nitrogens with zero attached hydrogens (tertiary/aromatic N) is 1. The molecule has 1 amide bonds. The van der Waals surface area contributed by atoms with Crippen LogP contribution in [-0.4, -0.2) is 35.2 Å². The van der Waals surface area contributed by atoms with Crippen molar-refractivity contribution in [2.24, 2.45) is 5.92 Å². The van der Waals surface area contributed by atoms with Gasteiger partial charge in [-0.1, -0.05) is 13.8 Å². The van der Waals surface area contributed by atoms with Gasteiger partial charge in [0.15, 0.2) is 0 Å². The molecule has 2 rings (SSSR count). The van der Waals surface area contributed by atoms with Crippen molar-refractivity contribution in [3.63, 3.8) is 0 Å². The monoisotopic (exact) mass is 236 g/mol. The second kappa shape index (κ2) is 5.31. The molecule has 1 aliphatic rings. The van der Waals surface area contributed by atoms with Crippen LogP contribution in [0.5, 0.6) is 0 Å². The average Bonchev–Trinajstić information content (AvgIpc) is 2.81. The van der Waals surface area contributed by atoms with E-state index in [1.165, 1.54) is 0 Å². The standard InChI is InChI=1S/C12H20N4O/c1-3-9-6-10(16-15-9)12(17)14-11-7-13-5-4-8(11)2/h6,8,11,13H,3-5,7H2,1-2H3,(H,14,17)(H,15,16). The van der Waals surface area contributed by atoms with Crippen LogP contribution in [0.4, 0.5) is 0 Å². The van der Waals surface area contributed by atoms with Crippen LogP contribution in [0.1, 0.15) is 36.5 Å². The molecule has 94 valence electrons. The fourth-order valence-corrected chi connectivity index (χ4v) is 2.08. The lowest BCUT2D eigenvalue weighted by Crippen LogP contribution is -2.50. The molecule has 0 saturated carbocycles. The Kier molecular flexibility index (Phi) is 3.78. The number of hydrogen-bond donors (Lipinski definition) is 3. The van der Waals surface area contributed by atoms with E-state index in [0.29, 0.717) is 11.6 Å². The van der Waals surface area contributed by atoms with E-state index in [1.54, 1.807) is 0 Å². The summed E-state index contributed by atoms with van der Waals surface area (Å²) in [6.07, 6.45) is 1.97. The van der Waals surface area contributed by atoms with Gasteiger partial charge < -0.3 is 10.6 Å². The number of rotatable bonds is 3. The molecule has 17 heavy (non-hydrogen) atoms. The van der Waals surface area contributed by atoms with E-state index >= 15 is 0 Å². The molecule has 3 N–H and O–H groups in total. The summed E-state index contributed by atoms with van der Waals surface area (Å²) in [5.41, 5.74) is 1.48. The topological polar surface area (TPSA) is 69.8 Å². The third kappa shape index (κ3) is 2.85. The molecule has 0 radical (unpaired) electrons. The third-order valence-electron chi connectivity index (χ3n) is 3.39. The molecule has 2 heterocycles. The smallest absolute Gasteiger partial charge is 0.272 e. The Bertz CT molecular complexity index is 388. The van der Waals surface area contributed by atoms with Crippen LogP contribution >= 0.6 is 0 Å². The second-order valence-electron chi connectivity index (χ2n) is 4.68. The predicted octanol–water partition coefficient (Wildman–Crippen LogP) is 0.700. The normalized spacial score (nSPS) is 24.6. The van der Waals surface area contributed by atoms with Gasteiger partial charge in [-0.2, -0.15) is 5.10 Å². The van der Waals surface area contributed by atoms with Crippen molar-refractivity contribution in [1.82, 2.24) is 20.8 Å². The maximum atomic E-state index is 12.0. The second-order valence-corrected chi connectivity index (χ2v) is 4.68. The number of H-pyrrole nitrogens is 1. The Labute approximate surface area is 101 Å². The molecule has 1 aliphatic heterocycles. The van der Waals surface area contributed by atoms with Gasteiger partial charge in [-0.15, -0.1) is 0 Å². The van der Waals surface area contributed by atoms with Crippen LogP contribution in [0.15, 0.2) is 6.07 Å². The van der Waals surface area contributed by atoms with E-state index in [9.17, 15) is 4.79 Å². The highest BCUT2D eigenvalue weighted by molar-refractivity contribution is 5.92. The number of nitrogens with one attached hydrogen (secondary N) is 3. The van der Waals surface area contributed by atoms with Crippen molar-refractivity contribution in [3.8, 4) is 0 Å². The molecular weight excluding hydrogens is 216 g/mol. The van der Waals surface area contributed by atoms with Crippen LogP contribution in [0.2, 0.25) is 0 Å². The number of carbonyl (C=O) groups excluding carboxylic acids is 1. The Morgan fingerprint density at radius 3 is 3.12 bits per heavy atom. The first-order valence-electron chi connectivity index (χ1n) is 6.26. The average molecular weight is 236 g/mol. The van der Waals surface area contributed by atoms with Gasteiger partial charge in [0.25, 0.3) is 5.91 Å². The fourth-order valence-electron chi connectivity index (χ4n) is 2.08. The molecule has 2 atom stereocenters. The van der Waals surface area contributed by atoms with Gasteiger partial charge in [0, 0.05) is 18.3 Å². The van der Waals surface area contributed by atoms with Gasteiger partial charge in [0.05, 0.1) is 0 Å². The Morgan fingerprint density at radius 1 is 1.65 bits per heavy atom. The highest BCUT2D eigenvalue weighted by Crippen LogP contribution is 2.12. The minimum Gasteiger partial charge on any atom is -0.346 e. The third-order valence-corrected chi connectivity index (χ3v) is 3.39. The Balaban J connectivity index is 1.96. The van der Waals surface area contributed by atoms with Crippen molar-refractivity contribution >= 4 is 5.91 Å². The van der Waals surface area contributed by atoms with E-state index < -0.39 is 0 Å². The molecule has 5 heteroatoms. The molecule has 0 aliphatic carbocycles. The predicted molar refractivity (Wildman–Crippen MR) is 65.9 cm³/mol. The SMILES string of the molecule is CCc1cc(C(=O)NC2CNCCC2C)n[nH]1. The van der Waals surface area contributed by atoms with Gasteiger partial charge in [0.1, 0.15) is 5.69 Å². The van der Waals surface area contributed by atoms with Crippen LogP contribution in [0, 0.1) is 5.92 Å². The Hall–Kier alpha value is -1.36. The van der Waals surface area contributed by atoms with Gasteiger partial charge in [-0.05, 0) is 31.4 Å². The number of aryl methyl sites for hydroxylation is 1. The van der Waals surface area contributed by atoms with E-state index in [2.05, 4.69) is 27.8 Å². The van der Waals surface area contributed by atoms with Gasteiger partial charge in [-0.3, -0.25) is 9.89 Å². The van der Waals surface area contributed by atoms with Crippen molar-refractivity contribution in [2.75, 3.05) is 13.1 Å². The summed E-state index contributed by atoms with van der Waals surface area (Å²) in [7, 11) is 0.